The third-order valence-electron chi connectivity index (χ3n) is 8.00. The van der Waals surface area contributed by atoms with Crippen molar-refractivity contribution in [2.75, 3.05) is 37.4 Å². The second-order valence-corrected chi connectivity index (χ2v) is 10.7. The van der Waals surface area contributed by atoms with Gasteiger partial charge in [0.05, 0.1) is 35.9 Å². The van der Waals surface area contributed by atoms with Gasteiger partial charge in [-0.3, -0.25) is 9.69 Å². The zero-order valence-corrected chi connectivity index (χ0v) is 23.0. The van der Waals surface area contributed by atoms with Crippen molar-refractivity contribution in [2.45, 2.75) is 44.9 Å². The summed E-state index contributed by atoms with van der Waals surface area (Å²) in [7, 11) is 1.57. The molecule has 9 nitrogen and oxygen atoms in total. The molecule has 1 saturated heterocycles. The molecule has 4 aromatic rings. The van der Waals surface area contributed by atoms with Gasteiger partial charge in [-0.25, -0.2) is 18.7 Å². The van der Waals surface area contributed by atoms with Crippen LogP contribution in [0.2, 0.25) is 0 Å². The summed E-state index contributed by atoms with van der Waals surface area (Å²) >= 11 is 0. The molecule has 0 saturated carbocycles. The minimum atomic E-state index is -1.15. The van der Waals surface area contributed by atoms with Gasteiger partial charge in [-0.05, 0) is 43.5 Å². The number of piperidine rings is 1. The number of nitrogen functional groups attached to an aromatic ring is 1. The molecule has 2 aliphatic rings. The van der Waals surface area contributed by atoms with Gasteiger partial charge in [0.1, 0.15) is 18.2 Å². The average molecular weight is 563 g/mol. The SMILES string of the molecule is COc1cc(CN(Cc2cn3c4c(cc(F)c(F)c4c2=O)OCC3C)[C@H]2CCCN(c3ccc(N)nc3)C2)ccn1. The van der Waals surface area contributed by atoms with Crippen molar-refractivity contribution in [1.82, 2.24) is 19.4 Å². The number of nitrogens with zero attached hydrogens (tertiary/aromatic N) is 5. The second-order valence-electron chi connectivity index (χ2n) is 10.7. The number of ether oxygens (including phenoxy) is 2. The van der Waals surface area contributed by atoms with Crippen LogP contribution in [0.4, 0.5) is 20.3 Å². The van der Waals surface area contributed by atoms with E-state index in [2.05, 4.69) is 19.8 Å². The molecule has 11 heteroatoms. The maximum atomic E-state index is 15.2. The van der Waals surface area contributed by atoms with Crippen molar-refractivity contribution < 1.29 is 18.3 Å². The number of benzene rings is 1. The lowest BCUT2D eigenvalue weighted by molar-refractivity contribution is 0.157. The molecule has 0 amide bonds. The van der Waals surface area contributed by atoms with Gasteiger partial charge in [0, 0.05) is 62.3 Å². The van der Waals surface area contributed by atoms with E-state index in [1.54, 1.807) is 31.8 Å². The molecule has 2 atom stereocenters. The zero-order valence-electron chi connectivity index (χ0n) is 23.0. The monoisotopic (exact) mass is 562 g/mol. The summed E-state index contributed by atoms with van der Waals surface area (Å²) in [6.07, 6.45) is 7.08. The van der Waals surface area contributed by atoms with Crippen LogP contribution in [0.25, 0.3) is 10.9 Å². The normalized spacial score (nSPS) is 18.5. The van der Waals surface area contributed by atoms with Crippen molar-refractivity contribution in [3.8, 4) is 11.6 Å². The van der Waals surface area contributed by atoms with Crippen LogP contribution in [-0.2, 0) is 13.1 Å². The number of nitrogens with two attached hydrogens (primary N) is 1. The Morgan fingerprint density at radius 1 is 1.20 bits per heavy atom. The Hall–Kier alpha value is -4.25. The van der Waals surface area contributed by atoms with Gasteiger partial charge in [-0.15, -0.1) is 0 Å². The summed E-state index contributed by atoms with van der Waals surface area (Å²) in [5, 5.41) is -0.271. The second kappa shape index (κ2) is 11.0. The summed E-state index contributed by atoms with van der Waals surface area (Å²) in [6.45, 7) is 4.54. The number of methoxy groups -OCH3 is 1. The van der Waals surface area contributed by atoms with Crippen LogP contribution in [-0.4, -0.2) is 52.3 Å². The van der Waals surface area contributed by atoms with E-state index in [1.807, 2.05) is 29.7 Å². The fourth-order valence-electron chi connectivity index (χ4n) is 5.87. The Kier molecular flexibility index (Phi) is 7.21. The lowest BCUT2D eigenvalue weighted by Gasteiger charge is -2.40. The van der Waals surface area contributed by atoms with Gasteiger partial charge < -0.3 is 24.7 Å². The number of halogens is 2. The molecule has 0 spiro atoms. The van der Waals surface area contributed by atoms with E-state index < -0.39 is 17.1 Å². The van der Waals surface area contributed by atoms with Gasteiger partial charge in [0.2, 0.25) is 5.88 Å². The van der Waals surface area contributed by atoms with Crippen molar-refractivity contribution in [3.63, 3.8) is 0 Å². The lowest BCUT2D eigenvalue weighted by atomic mass is 10.0. The number of aromatic nitrogens is 3. The van der Waals surface area contributed by atoms with E-state index in [0.717, 1.165) is 36.7 Å². The molecule has 3 aromatic heterocycles. The quantitative estimate of drug-likeness (QED) is 0.356. The Morgan fingerprint density at radius 2 is 2.05 bits per heavy atom. The van der Waals surface area contributed by atoms with Crippen LogP contribution >= 0.6 is 0 Å². The van der Waals surface area contributed by atoms with Crippen LogP contribution in [0.15, 0.2) is 53.7 Å². The lowest BCUT2D eigenvalue weighted by Crippen LogP contribution is -2.48. The van der Waals surface area contributed by atoms with Crippen LogP contribution in [0, 0.1) is 11.6 Å². The number of rotatable bonds is 7. The molecule has 1 fully saturated rings. The van der Waals surface area contributed by atoms with E-state index >= 15 is 4.39 Å². The first-order valence-corrected chi connectivity index (χ1v) is 13.7. The van der Waals surface area contributed by atoms with Crippen LogP contribution in [0.3, 0.4) is 0 Å². The van der Waals surface area contributed by atoms with E-state index in [9.17, 15) is 9.18 Å². The van der Waals surface area contributed by atoms with E-state index in [-0.39, 0.29) is 29.8 Å². The predicted octanol–water partition coefficient (Wildman–Crippen LogP) is 4.29. The molecule has 2 N–H and O–H groups in total. The molecule has 1 unspecified atom stereocenters. The van der Waals surface area contributed by atoms with Crippen molar-refractivity contribution in [1.29, 1.82) is 0 Å². The summed E-state index contributed by atoms with van der Waals surface area (Å²) in [6, 6.07) is 8.45. The first-order chi connectivity index (χ1) is 19.8. The summed E-state index contributed by atoms with van der Waals surface area (Å²) in [5.74, 6) is -1.10. The maximum Gasteiger partial charge on any atom is 0.213 e. The average Bonchev–Trinajstić information content (AvgIpc) is 2.98. The number of hydrogen-bond acceptors (Lipinski definition) is 8. The number of pyridine rings is 3. The minimum Gasteiger partial charge on any atom is -0.489 e. The number of hydrogen-bond donors (Lipinski definition) is 1. The van der Waals surface area contributed by atoms with Crippen LogP contribution < -0.4 is 25.5 Å². The third kappa shape index (κ3) is 5.17. The highest BCUT2D eigenvalue weighted by atomic mass is 19.2. The standard InChI is InChI=1S/C30H32F2N6O3/c1-18-17-41-24-11-23(31)28(32)27-29(24)38(18)15-20(30(27)39)14-37(13-19-7-8-34-26(10-19)40-2)22-4-3-9-36(16-22)21-5-6-25(33)35-12-21/h5-8,10-12,15,18,22H,3-4,9,13-14,16-17H2,1-2H3,(H2,33,35)/t18?,22-/m0/s1. The van der Waals surface area contributed by atoms with Crippen molar-refractivity contribution in [3.05, 3.63) is 81.9 Å². The molecular weight excluding hydrogens is 530 g/mol. The van der Waals surface area contributed by atoms with Gasteiger partial charge in [-0.1, -0.05) is 0 Å². The molecule has 1 aromatic carbocycles. The molecule has 0 bridgehead atoms. The minimum absolute atomic E-state index is 0.0607. The third-order valence-corrected chi connectivity index (χ3v) is 8.00. The molecule has 2 aliphatic heterocycles. The Morgan fingerprint density at radius 3 is 2.83 bits per heavy atom. The fourth-order valence-corrected chi connectivity index (χ4v) is 5.87. The molecule has 6 rings (SSSR count). The van der Waals surface area contributed by atoms with Crippen LogP contribution in [0.5, 0.6) is 11.6 Å². The van der Waals surface area contributed by atoms with Crippen molar-refractivity contribution >= 4 is 22.4 Å². The smallest absolute Gasteiger partial charge is 0.213 e. The molecular formula is C30H32F2N6O3. The largest absolute Gasteiger partial charge is 0.489 e. The Labute approximate surface area is 236 Å². The molecule has 5 heterocycles. The van der Waals surface area contributed by atoms with Crippen LogP contribution in [0.1, 0.15) is 36.9 Å². The summed E-state index contributed by atoms with van der Waals surface area (Å²) < 4.78 is 42.6. The predicted molar refractivity (Wildman–Crippen MR) is 152 cm³/mol. The Balaban J connectivity index is 1.40. The zero-order chi connectivity index (χ0) is 28.7. The van der Waals surface area contributed by atoms with Gasteiger partial charge in [-0.2, -0.15) is 0 Å². The highest BCUT2D eigenvalue weighted by Gasteiger charge is 2.30. The fraction of sp³-hybridized carbons (Fsp3) is 0.367. The first kappa shape index (κ1) is 26.9. The van der Waals surface area contributed by atoms with Crippen molar-refractivity contribution in [2.24, 2.45) is 0 Å². The van der Waals surface area contributed by atoms with Gasteiger partial charge >= 0.3 is 0 Å². The molecule has 0 aliphatic carbocycles. The van der Waals surface area contributed by atoms with E-state index in [4.69, 9.17) is 15.2 Å². The molecule has 0 radical (unpaired) electrons. The highest BCUT2D eigenvalue weighted by molar-refractivity contribution is 5.86. The molecule has 41 heavy (non-hydrogen) atoms. The van der Waals surface area contributed by atoms with E-state index in [0.29, 0.717) is 42.5 Å². The van der Waals surface area contributed by atoms with Gasteiger partial charge in [0.15, 0.2) is 17.1 Å². The van der Waals surface area contributed by atoms with E-state index in [1.165, 1.54) is 0 Å². The van der Waals surface area contributed by atoms with Gasteiger partial charge in [0.25, 0.3) is 0 Å². The summed E-state index contributed by atoms with van der Waals surface area (Å²) in [4.78, 5) is 26.7. The summed E-state index contributed by atoms with van der Waals surface area (Å²) in [5.41, 5.74) is 7.91. The Bertz CT molecular complexity index is 1640. The molecule has 214 valence electrons. The highest BCUT2D eigenvalue weighted by Crippen LogP contribution is 2.35. The number of anilines is 2. The maximum absolute atomic E-state index is 15.2. The first-order valence-electron chi connectivity index (χ1n) is 13.7. The topological polar surface area (TPSA) is 98.7 Å².